The second-order valence-corrected chi connectivity index (χ2v) is 23.1. The molecular weight excluding hydrogens is 1060 g/mol. The number of hydrogen-bond donors (Lipinski definition) is 0. The number of nitrogens with zero attached hydrogens (tertiary/aromatic N) is 2. The van der Waals surface area contributed by atoms with Crippen LogP contribution in [-0.2, 0) is 0 Å². The minimum atomic E-state index is 0.802. The van der Waals surface area contributed by atoms with Gasteiger partial charge in [0.2, 0.25) is 0 Å². The van der Waals surface area contributed by atoms with E-state index in [0.29, 0.717) is 0 Å². The highest BCUT2D eigenvalue weighted by atomic mass is 16.3. The molecule has 0 fully saturated rings. The van der Waals surface area contributed by atoms with Crippen molar-refractivity contribution in [3.05, 3.63) is 290 Å². The Labute approximate surface area is 501 Å². The van der Waals surface area contributed by atoms with Crippen LogP contribution in [0.4, 0.5) is 34.1 Å². The molecule has 18 rings (SSSR count). The van der Waals surface area contributed by atoms with Crippen LogP contribution in [0.3, 0.4) is 0 Å². The fourth-order valence-electron chi connectivity index (χ4n) is 14.2. The topological polar surface area (TPSA) is 45.9 Å². The molecule has 0 spiro atoms. The molecule has 3 aromatic heterocycles. The summed E-state index contributed by atoms with van der Waals surface area (Å²) >= 11 is 0. The van der Waals surface area contributed by atoms with E-state index >= 15 is 0 Å². The van der Waals surface area contributed by atoms with Crippen LogP contribution in [0, 0.1) is 13.8 Å². The highest BCUT2D eigenvalue weighted by Crippen LogP contribution is 2.54. The van der Waals surface area contributed by atoms with Crippen LogP contribution in [0.5, 0.6) is 0 Å². The summed E-state index contributed by atoms with van der Waals surface area (Å²) in [4.78, 5) is 4.84. The van der Waals surface area contributed by atoms with Crippen molar-refractivity contribution in [1.82, 2.24) is 0 Å². The molecule has 0 saturated carbocycles. The van der Waals surface area contributed by atoms with E-state index in [2.05, 4.69) is 303 Å². The summed E-state index contributed by atoms with van der Waals surface area (Å²) in [5.74, 6) is 0. The average Bonchev–Trinajstić information content (AvgIpc) is 2.14. The zero-order valence-electron chi connectivity index (χ0n) is 47.7. The van der Waals surface area contributed by atoms with Gasteiger partial charge in [-0.15, -0.1) is 0 Å². The lowest BCUT2D eigenvalue weighted by Gasteiger charge is -2.29. The van der Waals surface area contributed by atoms with Crippen molar-refractivity contribution >= 4 is 121 Å². The molecule has 14 aromatic carbocycles. The third kappa shape index (κ3) is 7.46. The number of benzene rings is 14. The summed E-state index contributed by atoms with van der Waals surface area (Å²) < 4.78 is 22.2. The second kappa shape index (κ2) is 19.1. The molecule has 0 saturated heterocycles. The van der Waals surface area contributed by atoms with E-state index in [1.54, 1.807) is 0 Å². The Kier molecular flexibility index (Phi) is 10.8. The summed E-state index contributed by atoms with van der Waals surface area (Å²) in [5.41, 5.74) is 24.5. The molecule has 408 valence electrons. The van der Waals surface area contributed by atoms with E-state index in [4.69, 9.17) is 13.3 Å². The standard InChI is InChI=1S/C82H52N2O3/c1-49-20-6-8-28-57(49)62-34-16-36-65-67-38-18-40-73(81(67)86-77(62)65)83(55-26-14-24-52(44-55)51-22-4-3-5-23-51)75-47-71-72-48-76-70-46-54(42-43-69(70)80(72)85-79(71)64-33-13-12-32-61(64)75)60-31-11-10-30-59(60)53-25-15-27-56(45-53)84(76)74-41-19-39-68-66-37-17-35-63(78(66)87-82(68)74)58-29-9-7-21-50(58)2/h3-48H,1-2H3. The van der Waals surface area contributed by atoms with Crippen LogP contribution in [0.15, 0.2) is 292 Å². The van der Waals surface area contributed by atoms with Crippen molar-refractivity contribution in [1.29, 1.82) is 0 Å². The lowest BCUT2D eigenvalue weighted by atomic mass is 9.90. The average molecular weight is 1110 g/mol. The summed E-state index contributed by atoms with van der Waals surface area (Å²) in [5, 5.41) is 10.3. The third-order valence-corrected chi connectivity index (χ3v) is 18.2. The van der Waals surface area contributed by atoms with E-state index < -0.39 is 0 Å². The van der Waals surface area contributed by atoms with Gasteiger partial charge in [-0.3, -0.25) is 0 Å². The van der Waals surface area contributed by atoms with Crippen molar-refractivity contribution in [2.24, 2.45) is 0 Å². The number of hydrogen-bond acceptors (Lipinski definition) is 5. The Bertz CT molecular complexity index is 5700. The molecule has 0 aliphatic carbocycles. The Morgan fingerprint density at radius 1 is 0.253 bits per heavy atom. The lowest BCUT2D eigenvalue weighted by molar-refractivity contribution is 0.670. The lowest BCUT2D eigenvalue weighted by Crippen LogP contribution is -2.11. The maximum absolute atomic E-state index is 7.48. The van der Waals surface area contributed by atoms with Crippen molar-refractivity contribution in [2.75, 3.05) is 9.80 Å². The smallest absolute Gasteiger partial charge is 0.159 e. The number of aryl methyl sites for hydroxylation is 2. The van der Waals surface area contributed by atoms with Crippen LogP contribution < -0.4 is 9.80 Å². The molecule has 5 nitrogen and oxygen atoms in total. The molecule has 4 heterocycles. The predicted octanol–water partition coefficient (Wildman–Crippen LogP) is 23.9. The minimum Gasteiger partial charge on any atom is -0.455 e. The molecule has 0 radical (unpaired) electrons. The van der Waals surface area contributed by atoms with Gasteiger partial charge in [0, 0.05) is 76.4 Å². The van der Waals surface area contributed by atoms with Crippen LogP contribution in [0.2, 0.25) is 0 Å². The number of furan rings is 3. The summed E-state index contributed by atoms with van der Waals surface area (Å²) in [7, 11) is 0. The first kappa shape index (κ1) is 49.1. The zero-order chi connectivity index (χ0) is 57.4. The summed E-state index contributed by atoms with van der Waals surface area (Å²) in [6.45, 7) is 4.34. The van der Waals surface area contributed by atoms with E-state index in [9.17, 15) is 0 Å². The van der Waals surface area contributed by atoms with Gasteiger partial charge < -0.3 is 23.1 Å². The molecule has 0 unspecified atom stereocenters. The van der Waals surface area contributed by atoms with Gasteiger partial charge in [0.15, 0.2) is 11.2 Å². The van der Waals surface area contributed by atoms with Crippen LogP contribution in [-0.4, -0.2) is 0 Å². The molecule has 1 aliphatic heterocycles. The molecule has 0 amide bonds. The summed E-state index contributed by atoms with van der Waals surface area (Å²) in [6, 6.07) is 101. The van der Waals surface area contributed by atoms with Gasteiger partial charge in [0.1, 0.15) is 22.3 Å². The first-order valence-electron chi connectivity index (χ1n) is 29.8. The largest absolute Gasteiger partial charge is 0.455 e. The van der Waals surface area contributed by atoms with E-state index in [0.717, 1.165) is 166 Å². The Hall–Kier alpha value is -11.4. The number of anilines is 6. The number of fused-ring (bicyclic) bond motifs is 18. The molecule has 87 heavy (non-hydrogen) atoms. The van der Waals surface area contributed by atoms with Crippen molar-refractivity contribution in [3.8, 4) is 55.6 Å². The van der Waals surface area contributed by atoms with Gasteiger partial charge in [0.25, 0.3) is 0 Å². The first-order valence-corrected chi connectivity index (χ1v) is 29.8. The highest BCUT2D eigenvalue weighted by molar-refractivity contribution is 6.27. The maximum atomic E-state index is 7.48. The third-order valence-electron chi connectivity index (χ3n) is 18.2. The van der Waals surface area contributed by atoms with E-state index in [1.165, 1.54) is 22.3 Å². The van der Waals surface area contributed by atoms with Crippen molar-refractivity contribution in [2.45, 2.75) is 13.8 Å². The monoisotopic (exact) mass is 1110 g/mol. The fraction of sp³-hybridized carbons (Fsp3) is 0.0244. The van der Waals surface area contributed by atoms with Gasteiger partial charge >= 0.3 is 0 Å². The van der Waals surface area contributed by atoms with Crippen molar-refractivity contribution < 1.29 is 13.3 Å². The normalized spacial score (nSPS) is 12.2. The van der Waals surface area contributed by atoms with E-state index in [1.807, 2.05) is 0 Å². The Balaban J connectivity index is 0.938. The SMILES string of the molecule is Cc1ccccc1-c1cccc2c1oc1c(N(c3cccc(-c4ccccc4)c3)c3cc4c5cc6c7cc(ccc7c5oc4c4ccccc34)-c3ccccc3-c3cccc(c3)N6c3cccc4c3oc3c(-c5ccccc5C)cccc34)cccc12. The second-order valence-electron chi connectivity index (χ2n) is 23.1. The number of rotatable bonds is 7. The molecule has 17 aromatic rings. The molecule has 0 atom stereocenters. The first-order chi connectivity index (χ1) is 43.0. The quantitative estimate of drug-likeness (QED) is 0.159. The Morgan fingerprint density at radius 3 is 1.45 bits per heavy atom. The maximum Gasteiger partial charge on any atom is 0.159 e. The van der Waals surface area contributed by atoms with Gasteiger partial charge in [-0.1, -0.05) is 218 Å². The molecule has 5 heteroatoms. The van der Waals surface area contributed by atoms with Crippen LogP contribution >= 0.6 is 0 Å². The van der Waals surface area contributed by atoms with Gasteiger partial charge in [-0.2, -0.15) is 0 Å². The summed E-state index contributed by atoms with van der Waals surface area (Å²) in [6.07, 6.45) is 0. The highest BCUT2D eigenvalue weighted by Gasteiger charge is 2.29. The molecule has 1 aliphatic rings. The van der Waals surface area contributed by atoms with Crippen LogP contribution in [0.25, 0.3) is 143 Å². The van der Waals surface area contributed by atoms with Gasteiger partial charge in [0.05, 0.1) is 22.7 Å². The van der Waals surface area contributed by atoms with Crippen molar-refractivity contribution in [3.63, 3.8) is 0 Å². The fourth-order valence-corrected chi connectivity index (χ4v) is 14.2. The predicted molar refractivity (Wildman–Crippen MR) is 363 cm³/mol. The Morgan fingerprint density at radius 2 is 0.736 bits per heavy atom. The molecule has 4 bridgehead atoms. The van der Waals surface area contributed by atoms with Gasteiger partial charge in [-0.25, -0.2) is 0 Å². The van der Waals surface area contributed by atoms with Crippen LogP contribution in [0.1, 0.15) is 11.1 Å². The molecule has 0 N–H and O–H groups in total. The zero-order valence-corrected chi connectivity index (χ0v) is 47.7. The molecular formula is C82H52N2O3. The minimum absolute atomic E-state index is 0.802. The number of para-hydroxylation sites is 4. The van der Waals surface area contributed by atoms with Gasteiger partial charge in [-0.05, 0) is 130 Å². The van der Waals surface area contributed by atoms with E-state index in [-0.39, 0.29) is 0 Å².